The van der Waals surface area contributed by atoms with E-state index in [1.165, 1.54) is 30.3 Å². The second-order valence-electron chi connectivity index (χ2n) is 4.31. The quantitative estimate of drug-likeness (QED) is 0.879. The van der Waals surface area contributed by atoms with Crippen molar-refractivity contribution in [2.45, 2.75) is 4.90 Å². The van der Waals surface area contributed by atoms with Crippen LogP contribution in [0, 0.1) is 11.6 Å². The number of rotatable bonds is 4. The number of hydrogen-bond acceptors (Lipinski definition) is 3. The molecule has 0 aromatic heterocycles. The number of carbonyl (C=O) groups is 1. The Bertz CT molecular complexity index is 798. The minimum absolute atomic E-state index is 0.225. The molecule has 0 saturated carbocycles. The average molecular weight is 323 g/mol. The lowest BCUT2D eigenvalue weighted by molar-refractivity contribution is -0.114. The van der Waals surface area contributed by atoms with Crippen molar-refractivity contribution in [3.8, 4) is 0 Å². The molecule has 2 aromatic carbocycles. The molecule has 0 aliphatic carbocycles. The van der Waals surface area contributed by atoms with Crippen molar-refractivity contribution in [1.82, 2.24) is 4.72 Å². The number of halogens is 2. The summed E-state index contributed by atoms with van der Waals surface area (Å²) in [6, 6.07) is 9.37. The van der Waals surface area contributed by atoms with Crippen molar-refractivity contribution >= 4 is 22.0 Å². The zero-order chi connectivity index (χ0) is 16.2. The lowest BCUT2D eigenvalue weighted by Crippen LogP contribution is -2.28. The van der Waals surface area contributed by atoms with E-state index in [1.807, 2.05) is 4.72 Å². The molecule has 0 fully saturated rings. The highest BCUT2D eigenvalue weighted by molar-refractivity contribution is 7.90. The molecule has 0 radical (unpaired) electrons. The number of nitrogens with one attached hydrogen (secondary N) is 1. The smallest absolute Gasteiger partial charge is 0.264 e. The van der Waals surface area contributed by atoms with Crippen LogP contribution >= 0.6 is 0 Å². The van der Waals surface area contributed by atoms with E-state index in [2.05, 4.69) is 0 Å². The Morgan fingerprint density at radius 2 is 1.41 bits per heavy atom. The van der Waals surface area contributed by atoms with Crippen molar-refractivity contribution in [2.24, 2.45) is 0 Å². The normalized spacial score (nSPS) is 11.5. The summed E-state index contributed by atoms with van der Waals surface area (Å²) in [5.74, 6) is -1.87. The van der Waals surface area contributed by atoms with Gasteiger partial charge in [-0.05, 0) is 48.0 Å². The summed E-state index contributed by atoms with van der Waals surface area (Å²) >= 11 is 0. The van der Waals surface area contributed by atoms with E-state index < -0.39 is 27.6 Å². The Morgan fingerprint density at radius 1 is 0.909 bits per heavy atom. The predicted molar refractivity (Wildman–Crippen MR) is 77.2 cm³/mol. The van der Waals surface area contributed by atoms with E-state index in [0.29, 0.717) is 5.56 Å². The maximum Gasteiger partial charge on any atom is 0.264 e. The Hall–Kier alpha value is -2.54. The highest BCUT2D eigenvalue weighted by Gasteiger charge is 2.15. The van der Waals surface area contributed by atoms with E-state index in [4.69, 9.17) is 0 Å². The molecule has 0 bridgehead atoms. The second-order valence-corrected chi connectivity index (χ2v) is 5.99. The molecule has 0 aliphatic rings. The van der Waals surface area contributed by atoms with Crippen molar-refractivity contribution in [1.29, 1.82) is 0 Å². The van der Waals surface area contributed by atoms with Gasteiger partial charge in [-0.25, -0.2) is 21.9 Å². The van der Waals surface area contributed by atoms with Gasteiger partial charge in [0.25, 0.3) is 15.9 Å². The van der Waals surface area contributed by atoms with Gasteiger partial charge >= 0.3 is 0 Å². The van der Waals surface area contributed by atoms with Crippen LogP contribution in [0.5, 0.6) is 0 Å². The first-order valence-corrected chi connectivity index (χ1v) is 7.61. The minimum atomic E-state index is -4.06. The fraction of sp³-hybridized carbons (Fsp3) is 0. The summed E-state index contributed by atoms with van der Waals surface area (Å²) < 4.78 is 51.0. The molecule has 0 heterocycles. The first-order chi connectivity index (χ1) is 10.4. The Kier molecular flexibility index (Phi) is 4.67. The molecule has 0 saturated heterocycles. The van der Waals surface area contributed by atoms with Crippen LogP contribution in [0.25, 0.3) is 6.08 Å². The molecule has 1 amide bonds. The second kappa shape index (κ2) is 6.48. The molecular weight excluding hydrogens is 312 g/mol. The summed E-state index contributed by atoms with van der Waals surface area (Å²) in [6.07, 6.45) is 2.35. The van der Waals surface area contributed by atoms with Gasteiger partial charge in [-0.15, -0.1) is 0 Å². The summed E-state index contributed by atoms with van der Waals surface area (Å²) in [5, 5.41) is 0. The van der Waals surface area contributed by atoms with Crippen LogP contribution in [0.3, 0.4) is 0 Å². The molecular formula is C15H11F2NO3S. The Labute approximate surface area is 126 Å². The van der Waals surface area contributed by atoms with E-state index in [0.717, 1.165) is 30.3 Å². The monoisotopic (exact) mass is 323 g/mol. The summed E-state index contributed by atoms with van der Waals surface area (Å²) in [7, 11) is -4.06. The van der Waals surface area contributed by atoms with Gasteiger partial charge in [0.15, 0.2) is 0 Å². The van der Waals surface area contributed by atoms with Gasteiger partial charge < -0.3 is 0 Å². The number of sulfonamides is 1. The lowest BCUT2D eigenvalue weighted by atomic mass is 10.2. The highest BCUT2D eigenvalue weighted by atomic mass is 32.2. The van der Waals surface area contributed by atoms with Gasteiger partial charge in [0.1, 0.15) is 11.6 Å². The van der Waals surface area contributed by atoms with Crippen LogP contribution in [0.15, 0.2) is 59.5 Å². The topological polar surface area (TPSA) is 63.2 Å². The standard InChI is InChI=1S/C15H11F2NO3S/c16-12-4-1-11(2-5-12)3-10-15(19)18-22(20,21)14-8-6-13(17)7-9-14/h1-10H,(H,18,19)/b10-3+. The van der Waals surface area contributed by atoms with Crippen molar-refractivity contribution in [3.63, 3.8) is 0 Å². The molecule has 1 N–H and O–H groups in total. The molecule has 2 rings (SSSR count). The molecule has 0 atom stereocenters. The zero-order valence-corrected chi connectivity index (χ0v) is 12.0. The third kappa shape index (κ3) is 4.23. The van der Waals surface area contributed by atoms with Crippen molar-refractivity contribution in [3.05, 3.63) is 71.8 Å². The molecule has 2 aromatic rings. The van der Waals surface area contributed by atoms with Gasteiger partial charge in [-0.1, -0.05) is 12.1 Å². The number of amides is 1. The van der Waals surface area contributed by atoms with E-state index in [-0.39, 0.29) is 4.90 Å². The zero-order valence-electron chi connectivity index (χ0n) is 11.2. The fourth-order valence-corrected chi connectivity index (χ4v) is 2.53. The molecule has 0 aliphatic heterocycles. The SMILES string of the molecule is O=C(/C=C/c1ccc(F)cc1)NS(=O)(=O)c1ccc(F)cc1. The highest BCUT2D eigenvalue weighted by Crippen LogP contribution is 2.10. The number of benzene rings is 2. The molecule has 7 heteroatoms. The van der Waals surface area contributed by atoms with Crippen LogP contribution < -0.4 is 4.72 Å². The molecule has 4 nitrogen and oxygen atoms in total. The Morgan fingerprint density at radius 3 is 1.95 bits per heavy atom. The number of carbonyl (C=O) groups excluding carboxylic acids is 1. The maximum absolute atomic E-state index is 12.8. The maximum atomic E-state index is 12.8. The molecule has 0 unspecified atom stereocenters. The summed E-state index contributed by atoms with van der Waals surface area (Å²) in [4.78, 5) is 11.4. The van der Waals surface area contributed by atoms with Crippen LogP contribution in [0.2, 0.25) is 0 Å². The van der Waals surface area contributed by atoms with Gasteiger partial charge in [0.2, 0.25) is 0 Å². The lowest BCUT2D eigenvalue weighted by Gasteiger charge is -2.04. The first kappa shape index (κ1) is 15.8. The van der Waals surface area contributed by atoms with Gasteiger partial charge in [0.05, 0.1) is 4.90 Å². The van der Waals surface area contributed by atoms with Crippen LogP contribution in [0.4, 0.5) is 8.78 Å². The molecule has 22 heavy (non-hydrogen) atoms. The Balaban J connectivity index is 2.07. The first-order valence-electron chi connectivity index (χ1n) is 6.13. The van der Waals surface area contributed by atoms with Crippen LogP contribution in [-0.2, 0) is 14.8 Å². The van der Waals surface area contributed by atoms with Gasteiger partial charge in [-0.2, -0.15) is 0 Å². The largest absolute Gasteiger partial charge is 0.269 e. The van der Waals surface area contributed by atoms with Crippen LogP contribution in [-0.4, -0.2) is 14.3 Å². The van der Waals surface area contributed by atoms with E-state index in [9.17, 15) is 22.0 Å². The van der Waals surface area contributed by atoms with Crippen molar-refractivity contribution in [2.75, 3.05) is 0 Å². The predicted octanol–water partition coefficient (Wildman–Crippen LogP) is 2.48. The minimum Gasteiger partial charge on any atom is -0.269 e. The van der Waals surface area contributed by atoms with E-state index >= 15 is 0 Å². The summed E-state index contributed by atoms with van der Waals surface area (Å²) in [6.45, 7) is 0. The average Bonchev–Trinajstić information content (AvgIpc) is 2.46. The van der Waals surface area contributed by atoms with Crippen LogP contribution in [0.1, 0.15) is 5.56 Å². The van der Waals surface area contributed by atoms with Gasteiger partial charge in [-0.3, -0.25) is 4.79 Å². The molecule has 114 valence electrons. The van der Waals surface area contributed by atoms with Gasteiger partial charge in [0, 0.05) is 6.08 Å². The molecule has 0 spiro atoms. The fourth-order valence-electron chi connectivity index (χ4n) is 1.58. The van der Waals surface area contributed by atoms with E-state index in [1.54, 1.807) is 0 Å². The third-order valence-corrected chi connectivity index (χ3v) is 4.02. The van der Waals surface area contributed by atoms with Crippen molar-refractivity contribution < 1.29 is 22.0 Å². The number of hydrogen-bond donors (Lipinski definition) is 1. The summed E-state index contributed by atoms with van der Waals surface area (Å²) in [5.41, 5.74) is 0.538. The third-order valence-electron chi connectivity index (χ3n) is 2.66.